The molecule has 1 saturated heterocycles. The molecule has 0 aromatic carbocycles. The normalized spacial score (nSPS) is 30.0. The molecule has 0 amide bonds. The average Bonchev–Trinajstić information content (AvgIpc) is 3.22. The fourth-order valence-electron chi connectivity index (χ4n) is 3.34. The maximum atomic E-state index is 6.07. The van der Waals surface area contributed by atoms with Crippen LogP contribution in [0.25, 0.3) is 0 Å². The summed E-state index contributed by atoms with van der Waals surface area (Å²) >= 11 is 0. The van der Waals surface area contributed by atoms with Crippen LogP contribution in [-0.4, -0.2) is 52.7 Å². The summed E-state index contributed by atoms with van der Waals surface area (Å²) in [6.45, 7) is 7.66. The van der Waals surface area contributed by atoms with Crippen LogP contribution in [0.15, 0.2) is 0 Å². The molecule has 1 N–H and O–H groups in total. The van der Waals surface area contributed by atoms with Gasteiger partial charge in [0.2, 0.25) is 0 Å². The van der Waals surface area contributed by atoms with Crippen molar-refractivity contribution in [2.24, 2.45) is 11.3 Å². The first-order valence-corrected chi connectivity index (χ1v) is 8.21. The number of hydrogen-bond acceptors (Lipinski definition) is 4. The maximum Gasteiger partial charge on any atom is 0.0673 e. The van der Waals surface area contributed by atoms with Gasteiger partial charge in [0.15, 0.2) is 0 Å². The molecule has 0 aromatic rings. The van der Waals surface area contributed by atoms with E-state index < -0.39 is 0 Å². The van der Waals surface area contributed by atoms with Crippen molar-refractivity contribution >= 4 is 0 Å². The monoisotopic (exact) mass is 285 g/mol. The van der Waals surface area contributed by atoms with Gasteiger partial charge in [0.05, 0.1) is 6.10 Å². The van der Waals surface area contributed by atoms with Crippen LogP contribution in [0.3, 0.4) is 0 Å². The minimum atomic E-state index is 0.304. The molecule has 1 saturated carbocycles. The standard InChI is InChI=1S/C16H31NO3/c1-3-17-13-16(7-11-19-10-4-9-18-2)8-12-20-15(16)14-5-6-14/h14-15,17H,3-13H2,1-2H3. The van der Waals surface area contributed by atoms with E-state index in [1.54, 1.807) is 7.11 Å². The highest BCUT2D eigenvalue weighted by atomic mass is 16.5. The molecule has 0 aromatic heterocycles. The minimum Gasteiger partial charge on any atom is -0.385 e. The highest BCUT2D eigenvalue weighted by molar-refractivity contribution is 5.00. The van der Waals surface area contributed by atoms with Crippen LogP contribution < -0.4 is 5.32 Å². The fraction of sp³-hybridized carbons (Fsp3) is 1.00. The summed E-state index contributed by atoms with van der Waals surface area (Å²) in [7, 11) is 1.74. The van der Waals surface area contributed by atoms with Crippen LogP contribution in [0.1, 0.15) is 39.0 Å². The second kappa shape index (κ2) is 8.32. The molecule has 2 atom stereocenters. The molecule has 0 bridgehead atoms. The first kappa shape index (κ1) is 16.2. The van der Waals surface area contributed by atoms with Crippen LogP contribution in [0.2, 0.25) is 0 Å². The van der Waals surface area contributed by atoms with Crippen molar-refractivity contribution in [3.05, 3.63) is 0 Å². The number of methoxy groups -OCH3 is 1. The van der Waals surface area contributed by atoms with E-state index in [2.05, 4.69) is 12.2 Å². The quantitative estimate of drug-likeness (QED) is 0.591. The van der Waals surface area contributed by atoms with E-state index in [1.165, 1.54) is 19.3 Å². The second-order valence-electron chi connectivity index (χ2n) is 6.23. The Morgan fingerprint density at radius 2 is 2.10 bits per heavy atom. The van der Waals surface area contributed by atoms with Crippen LogP contribution >= 0.6 is 0 Å². The van der Waals surface area contributed by atoms with Crippen molar-refractivity contribution in [3.8, 4) is 0 Å². The lowest BCUT2D eigenvalue weighted by molar-refractivity contribution is 0.00697. The molecule has 0 spiro atoms. The maximum absolute atomic E-state index is 6.07. The van der Waals surface area contributed by atoms with Gasteiger partial charge in [-0.25, -0.2) is 0 Å². The molecule has 0 radical (unpaired) electrons. The third kappa shape index (κ3) is 4.42. The molecule has 2 aliphatic rings. The molecule has 2 unspecified atom stereocenters. The van der Waals surface area contributed by atoms with Gasteiger partial charge in [-0.1, -0.05) is 6.92 Å². The molecule has 118 valence electrons. The Bertz CT molecular complexity index is 270. The predicted octanol–water partition coefficient (Wildman–Crippen LogP) is 2.22. The van der Waals surface area contributed by atoms with Gasteiger partial charge in [0.1, 0.15) is 0 Å². The number of nitrogens with one attached hydrogen (secondary N) is 1. The first-order valence-electron chi connectivity index (χ1n) is 8.21. The molecule has 2 rings (SSSR count). The van der Waals surface area contributed by atoms with E-state index >= 15 is 0 Å². The van der Waals surface area contributed by atoms with Crippen molar-refractivity contribution in [3.63, 3.8) is 0 Å². The topological polar surface area (TPSA) is 39.7 Å². The molecule has 1 heterocycles. The van der Waals surface area contributed by atoms with Gasteiger partial charge in [-0.3, -0.25) is 0 Å². The highest BCUT2D eigenvalue weighted by Gasteiger charge is 2.50. The van der Waals surface area contributed by atoms with E-state index in [-0.39, 0.29) is 0 Å². The van der Waals surface area contributed by atoms with Gasteiger partial charge >= 0.3 is 0 Å². The smallest absolute Gasteiger partial charge is 0.0673 e. The van der Waals surface area contributed by atoms with Crippen molar-refractivity contribution in [2.45, 2.75) is 45.1 Å². The Balaban J connectivity index is 1.77. The summed E-state index contributed by atoms with van der Waals surface area (Å²) in [4.78, 5) is 0. The molecule has 4 heteroatoms. The summed E-state index contributed by atoms with van der Waals surface area (Å²) < 4.78 is 16.9. The Morgan fingerprint density at radius 1 is 1.25 bits per heavy atom. The van der Waals surface area contributed by atoms with Crippen molar-refractivity contribution in [2.75, 3.05) is 46.6 Å². The van der Waals surface area contributed by atoms with Crippen molar-refractivity contribution in [1.29, 1.82) is 0 Å². The first-order chi connectivity index (χ1) is 9.82. The van der Waals surface area contributed by atoms with Gasteiger partial charge in [-0.05, 0) is 44.6 Å². The lowest BCUT2D eigenvalue weighted by atomic mass is 9.76. The van der Waals surface area contributed by atoms with Crippen LogP contribution in [0.5, 0.6) is 0 Å². The van der Waals surface area contributed by atoms with E-state index in [0.717, 1.165) is 58.3 Å². The zero-order valence-electron chi connectivity index (χ0n) is 13.2. The van der Waals surface area contributed by atoms with Crippen LogP contribution in [-0.2, 0) is 14.2 Å². The van der Waals surface area contributed by atoms with Gasteiger partial charge in [0.25, 0.3) is 0 Å². The Morgan fingerprint density at radius 3 is 2.80 bits per heavy atom. The van der Waals surface area contributed by atoms with Crippen LogP contribution in [0.4, 0.5) is 0 Å². The van der Waals surface area contributed by atoms with E-state index in [0.29, 0.717) is 11.5 Å². The number of ether oxygens (including phenoxy) is 3. The molecular formula is C16H31NO3. The molecular weight excluding hydrogens is 254 g/mol. The van der Waals surface area contributed by atoms with E-state index in [1.807, 2.05) is 0 Å². The molecule has 1 aliphatic carbocycles. The summed E-state index contributed by atoms with van der Waals surface area (Å²) in [5, 5.41) is 3.55. The Labute approximate surface area is 123 Å². The van der Waals surface area contributed by atoms with E-state index in [4.69, 9.17) is 14.2 Å². The zero-order chi connectivity index (χ0) is 14.3. The fourth-order valence-corrected chi connectivity index (χ4v) is 3.34. The lowest BCUT2D eigenvalue weighted by Crippen LogP contribution is -2.42. The summed E-state index contributed by atoms with van der Waals surface area (Å²) in [6.07, 6.45) is 6.46. The van der Waals surface area contributed by atoms with Gasteiger partial charge in [-0.15, -0.1) is 0 Å². The van der Waals surface area contributed by atoms with Gasteiger partial charge in [0, 0.05) is 45.5 Å². The third-order valence-corrected chi connectivity index (χ3v) is 4.66. The van der Waals surface area contributed by atoms with Gasteiger partial charge < -0.3 is 19.5 Å². The zero-order valence-corrected chi connectivity index (χ0v) is 13.2. The second-order valence-corrected chi connectivity index (χ2v) is 6.23. The van der Waals surface area contributed by atoms with Gasteiger partial charge in [-0.2, -0.15) is 0 Å². The van der Waals surface area contributed by atoms with Crippen molar-refractivity contribution in [1.82, 2.24) is 5.32 Å². The average molecular weight is 285 g/mol. The summed E-state index contributed by atoms with van der Waals surface area (Å²) in [5.41, 5.74) is 0.304. The SMILES string of the molecule is CCNCC1(CCOCCCOC)CCOC1C1CC1. The summed E-state index contributed by atoms with van der Waals surface area (Å²) in [5.74, 6) is 0.810. The lowest BCUT2D eigenvalue weighted by Gasteiger charge is -2.34. The number of hydrogen-bond donors (Lipinski definition) is 1. The largest absolute Gasteiger partial charge is 0.385 e. The Hall–Kier alpha value is -0.160. The molecule has 2 fully saturated rings. The molecule has 4 nitrogen and oxygen atoms in total. The molecule has 1 aliphatic heterocycles. The Kier molecular flexibility index (Phi) is 6.75. The summed E-state index contributed by atoms with van der Waals surface area (Å²) in [6, 6.07) is 0. The number of rotatable bonds is 11. The minimum absolute atomic E-state index is 0.304. The van der Waals surface area contributed by atoms with Crippen molar-refractivity contribution < 1.29 is 14.2 Å². The molecule has 20 heavy (non-hydrogen) atoms. The highest BCUT2D eigenvalue weighted by Crippen LogP contribution is 2.49. The third-order valence-electron chi connectivity index (χ3n) is 4.66. The van der Waals surface area contributed by atoms with Crippen LogP contribution in [0, 0.1) is 11.3 Å². The van der Waals surface area contributed by atoms with E-state index in [9.17, 15) is 0 Å². The predicted molar refractivity (Wildman–Crippen MR) is 80.0 cm³/mol.